The number of methoxy groups -OCH3 is 1. The van der Waals surface area contributed by atoms with E-state index in [1.165, 1.54) is 4.31 Å². The van der Waals surface area contributed by atoms with Crippen molar-refractivity contribution in [3.63, 3.8) is 0 Å². The average Bonchev–Trinajstić information content (AvgIpc) is 3.21. The van der Waals surface area contributed by atoms with Gasteiger partial charge in [-0.2, -0.15) is 4.31 Å². The first kappa shape index (κ1) is 21.4. The number of hydrogen-bond donors (Lipinski definition) is 2. The first-order chi connectivity index (χ1) is 15.0. The standard InChI is InChI=1S/C23H27N3O4S/c1-30-19-9-10-22-21(14-19)17(15-25-22)11-12-24-23(27)18-6-5-13-26(16-18)31(28,29)20-7-3-2-4-8-20/h2-4,7-10,14-15,18,25H,5-6,11-13,16H2,1H3,(H,24,27)/t18-/m1/s1. The number of H-pyrrole nitrogens is 1. The maximum atomic E-state index is 12.9. The van der Waals surface area contributed by atoms with E-state index in [4.69, 9.17) is 4.74 Å². The van der Waals surface area contributed by atoms with Crippen LogP contribution < -0.4 is 10.1 Å². The molecule has 1 aliphatic heterocycles. The minimum atomic E-state index is -3.58. The highest BCUT2D eigenvalue weighted by Gasteiger charge is 2.33. The number of hydrogen-bond acceptors (Lipinski definition) is 4. The van der Waals surface area contributed by atoms with Gasteiger partial charge >= 0.3 is 0 Å². The van der Waals surface area contributed by atoms with Crippen LogP contribution in [0.4, 0.5) is 0 Å². The summed E-state index contributed by atoms with van der Waals surface area (Å²) < 4.78 is 32.5. The molecule has 0 unspecified atom stereocenters. The van der Waals surface area contributed by atoms with E-state index in [9.17, 15) is 13.2 Å². The van der Waals surface area contributed by atoms with E-state index in [0.29, 0.717) is 32.4 Å². The number of aromatic nitrogens is 1. The SMILES string of the molecule is COc1ccc2[nH]cc(CCNC(=O)[C@@H]3CCCN(S(=O)(=O)c4ccccc4)C3)c2c1. The molecule has 4 rings (SSSR count). The summed E-state index contributed by atoms with van der Waals surface area (Å²) in [5, 5.41) is 4.07. The van der Waals surface area contributed by atoms with E-state index in [0.717, 1.165) is 22.2 Å². The predicted octanol–water partition coefficient (Wildman–Crippen LogP) is 2.94. The number of benzene rings is 2. The van der Waals surface area contributed by atoms with Gasteiger partial charge in [-0.05, 0) is 55.2 Å². The van der Waals surface area contributed by atoms with Crippen molar-refractivity contribution in [3.8, 4) is 5.75 Å². The molecule has 7 nitrogen and oxygen atoms in total. The zero-order chi connectivity index (χ0) is 21.8. The van der Waals surface area contributed by atoms with Crippen LogP contribution in [0.2, 0.25) is 0 Å². The molecule has 1 aliphatic rings. The van der Waals surface area contributed by atoms with Crippen molar-refractivity contribution in [2.24, 2.45) is 5.92 Å². The van der Waals surface area contributed by atoms with Gasteiger partial charge in [-0.15, -0.1) is 0 Å². The lowest BCUT2D eigenvalue weighted by Gasteiger charge is -2.31. The lowest BCUT2D eigenvalue weighted by molar-refractivity contribution is -0.126. The summed E-state index contributed by atoms with van der Waals surface area (Å²) in [6.45, 7) is 1.15. The van der Waals surface area contributed by atoms with Crippen molar-refractivity contribution in [2.45, 2.75) is 24.2 Å². The summed E-state index contributed by atoms with van der Waals surface area (Å²) in [6, 6.07) is 14.3. The molecule has 0 aliphatic carbocycles. The van der Waals surface area contributed by atoms with Gasteiger partial charge in [0.2, 0.25) is 15.9 Å². The zero-order valence-corrected chi connectivity index (χ0v) is 18.3. The number of nitrogens with zero attached hydrogens (tertiary/aromatic N) is 1. The van der Waals surface area contributed by atoms with Crippen molar-refractivity contribution >= 4 is 26.8 Å². The predicted molar refractivity (Wildman–Crippen MR) is 119 cm³/mol. The molecule has 0 radical (unpaired) electrons. The molecule has 31 heavy (non-hydrogen) atoms. The van der Waals surface area contributed by atoms with Crippen LogP contribution in [0.1, 0.15) is 18.4 Å². The van der Waals surface area contributed by atoms with E-state index >= 15 is 0 Å². The first-order valence-electron chi connectivity index (χ1n) is 10.5. The summed E-state index contributed by atoms with van der Waals surface area (Å²) in [5.41, 5.74) is 2.13. The summed E-state index contributed by atoms with van der Waals surface area (Å²) >= 11 is 0. The fourth-order valence-electron chi connectivity index (χ4n) is 4.07. The first-order valence-corrected chi connectivity index (χ1v) is 11.9. The third-order valence-electron chi connectivity index (χ3n) is 5.80. The molecule has 1 amide bonds. The topological polar surface area (TPSA) is 91.5 Å². The molecule has 164 valence electrons. The lowest BCUT2D eigenvalue weighted by atomic mass is 9.98. The van der Waals surface area contributed by atoms with Crippen LogP contribution in [0.3, 0.4) is 0 Å². The van der Waals surface area contributed by atoms with Crippen molar-refractivity contribution in [1.82, 2.24) is 14.6 Å². The Labute approximate surface area is 182 Å². The quantitative estimate of drug-likeness (QED) is 0.590. The van der Waals surface area contributed by atoms with Gasteiger partial charge < -0.3 is 15.0 Å². The number of piperidine rings is 1. The summed E-state index contributed by atoms with van der Waals surface area (Å²) in [4.78, 5) is 16.2. The molecule has 0 bridgehead atoms. The maximum absolute atomic E-state index is 12.9. The van der Waals surface area contributed by atoms with Crippen molar-refractivity contribution in [2.75, 3.05) is 26.7 Å². The molecule has 1 fully saturated rings. The van der Waals surface area contributed by atoms with Crippen molar-refractivity contribution in [1.29, 1.82) is 0 Å². The average molecular weight is 442 g/mol. The molecule has 3 aromatic rings. The molecule has 0 saturated carbocycles. The normalized spacial score (nSPS) is 17.5. The Morgan fingerprint density at radius 3 is 2.81 bits per heavy atom. The smallest absolute Gasteiger partial charge is 0.243 e. The molecular formula is C23H27N3O4S. The number of carbonyl (C=O) groups is 1. The monoisotopic (exact) mass is 441 g/mol. The molecule has 2 aromatic carbocycles. The zero-order valence-electron chi connectivity index (χ0n) is 17.5. The van der Waals surface area contributed by atoms with Gasteiger partial charge in [-0.1, -0.05) is 18.2 Å². The maximum Gasteiger partial charge on any atom is 0.243 e. The molecule has 2 heterocycles. The van der Waals surface area contributed by atoms with Crippen molar-refractivity contribution in [3.05, 3.63) is 60.3 Å². The highest BCUT2D eigenvalue weighted by Crippen LogP contribution is 2.25. The second-order valence-corrected chi connectivity index (χ2v) is 9.72. The fourth-order valence-corrected chi connectivity index (χ4v) is 5.62. The summed E-state index contributed by atoms with van der Waals surface area (Å²) in [6.07, 6.45) is 3.99. The van der Waals surface area contributed by atoms with Crippen LogP contribution in [-0.2, 0) is 21.2 Å². The minimum Gasteiger partial charge on any atom is -0.497 e. The number of aromatic amines is 1. The molecule has 1 atom stereocenters. The molecule has 2 N–H and O–H groups in total. The Morgan fingerprint density at radius 2 is 2.03 bits per heavy atom. The molecule has 0 spiro atoms. The number of sulfonamides is 1. The van der Waals surface area contributed by atoms with Gasteiger partial charge in [0.25, 0.3) is 0 Å². The number of amides is 1. The fraction of sp³-hybridized carbons (Fsp3) is 0.348. The molecule has 8 heteroatoms. The Kier molecular flexibility index (Phi) is 6.29. The van der Waals surface area contributed by atoms with E-state index in [1.807, 2.05) is 24.4 Å². The second-order valence-electron chi connectivity index (χ2n) is 7.78. The van der Waals surface area contributed by atoms with Gasteiger partial charge in [-0.3, -0.25) is 4.79 Å². The highest BCUT2D eigenvalue weighted by atomic mass is 32.2. The lowest BCUT2D eigenvalue weighted by Crippen LogP contribution is -2.45. The number of nitrogens with one attached hydrogen (secondary N) is 2. The highest BCUT2D eigenvalue weighted by molar-refractivity contribution is 7.89. The third kappa shape index (κ3) is 4.60. The van der Waals surface area contributed by atoms with Crippen LogP contribution in [0.5, 0.6) is 5.75 Å². The largest absolute Gasteiger partial charge is 0.497 e. The number of fused-ring (bicyclic) bond motifs is 1. The van der Waals surface area contributed by atoms with E-state index in [2.05, 4.69) is 10.3 Å². The summed E-state index contributed by atoms with van der Waals surface area (Å²) in [7, 11) is -1.94. The number of rotatable bonds is 7. The summed E-state index contributed by atoms with van der Waals surface area (Å²) in [5.74, 6) is 0.361. The van der Waals surface area contributed by atoms with E-state index in [-0.39, 0.29) is 23.3 Å². The number of ether oxygens (including phenoxy) is 1. The van der Waals surface area contributed by atoms with Crippen LogP contribution in [0.25, 0.3) is 10.9 Å². The van der Waals surface area contributed by atoms with Crippen LogP contribution in [-0.4, -0.2) is 50.4 Å². The third-order valence-corrected chi connectivity index (χ3v) is 7.68. The Morgan fingerprint density at radius 1 is 1.23 bits per heavy atom. The molecule has 1 saturated heterocycles. The van der Waals surface area contributed by atoms with Crippen LogP contribution >= 0.6 is 0 Å². The Bertz CT molecular complexity index is 1160. The molecule has 1 aromatic heterocycles. The van der Waals surface area contributed by atoms with Gasteiger partial charge in [0.05, 0.1) is 17.9 Å². The van der Waals surface area contributed by atoms with Crippen LogP contribution in [0, 0.1) is 5.92 Å². The Balaban J connectivity index is 1.36. The van der Waals surface area contributed by atoms with E-state index < -0.39 is 10.0 Å². The van der Waals surface area contributed by atoms with Gasteiger partial charge in [0.1, 0.15) is 5.75 Å². The Hall–Kier alpha value is -2.84. The van der Waals surface area contributed by atoms with E-state index in [1.54, 1.807) is 37.4 Å². The minimum absolute atomic E-state index is 0.0922. The molecular weight excluding hydrogens is 414 g/mol. The van der Waals surface area contributed by atoms with Crippen molar-refractivity contribution < 1.29 is 17.9 Å². The van der Waals surface area contributed by atoms with Gasteiger partial charge in [0, 0.05) is 36.7 Å². The van der Waals surface area contributed by atoms with Gasteiger partial charge in [-0.25, -0.2) is 8.42 Å². The second kappa shape index (κ2) is 9.11. The van der Waals surface area contributed by atoms with Gasteiger partial charge in [0.15, 0.2) is 0 Å². The van der Waals surface area contributed by atoms with Crippen LogP contribution in [0.15, 0.2) is 59.6 Å². The number of carbonyl (C=O) groups excluding carboxylic acids is 1.